The van der Waals surface area contributed by atoms with Crippen LogP contribution < -0.4 is 5.32 Å². The molecule has 20 heavy (non-hydrogen) atoms. The van der Waals surface area contributed by atoms with Crippen LogP contribution in [-0.2, 0) is 6.54 Å². The molecule has 4 nitrogen and oxygen atoms in total. The van der Waals surface area contributed by atoms with Crippen LogP contribution in [0.25, 0.3) is 0 Å². The number of aryl methyl sites for hydroxylation is 3. The molecule has 4 N–H and O–H groups in total. The van der Waals surface area contributed by atoms with Gasteiger partial charge in [-0.05, 0) is 44.0 Å². The molecular weight excluding hydrogens is 254 g/mol. The summed E-state index contributed by atoms with van der Waals surface area (Å²) in [4.78, 5) is 0. The summed E-state index contributed by atoms with van der Waals surface area (Å²) in [5.74, 6) is -1.10. The highest BCUT2D eigenvalue weighted by Gasteiger charge is 2.11. The van der Waals surface area contributed by atoms with Crippen LogP contribution in [0.5, 0.6) is 17.2 Å². The van der Waals surface area contributed by atoms with E-state index in [-0.39, 0.29) is 11.5 Å². The van der Waals surface area contributed by atoms with Crippen molar-refractivity contribution in [3.63, 3.8) is 0 Å². The summed E-state index contributed by atoms with van der Waals surface area (Å²) in [6, 6.07) is 7.12. The van der Waals surface area contributed by atoms with Crippen LogP contribution in [0.1, 0.15) is 22.3 Å². The SMILES string of the molecule is Cc1cc(C)c(NCc2ccc(O)c(O)c2O)c(C)c1. The van der Waals surface area contributed by atoms with Crippen molar-refractivity contribution < 1.29 is 15.3 Å². The number of phenols is 3. The summed E-state index contributed by atoms with van der Waals surface area (Å²) >= 11 is 0. The Hall–Kier alpha value is -2.36. The van der Waals surface area contributed by atoms with Crippen molar-refractivity contribution in [2.24, 2.45) is 0 Å². The van der Waals surface area contributed by atoms with E-state index in [9.17, 15) is 15.3 Å². The van der Waals surface area contributed by atoms with Crippen molar-refractivity contribution in [2.45, 2.75) is 27.3 Å². The van der Waals surface area contributed by atoms with Gasteiger partial charge in [-0.3, -0.25) is 0 Å². The normalized spacial score (nSPS) is 10.6. The molecule has 0 aliphatic rings. The maximum absolute atomic E-state index is 9.79. The molecule has 0 aliphatic carbocycles. The Balaban J connectivity index is 2.24. The topological polar surface area (TPSA) is 72.7 Å². The van der Waals surface area contributed by atoms with Crippen molar-refractivity contribution in [3.05, 3.63) is 46.5 Å². The van der Waals surface area contributed by atoms with Crippen molar-refractivity contribution in [1.29, 1.82) is 0 Å². The van der Waals surface area contributed by atoms with Gasteiger partial charge >= 0.3 is 0 Å². The van der Waals surface area contributed by atoms with Gasteiger partial charge in [0, 0.05) is 17.8 Å². The molecule has 2 rings (SSSR count). The van der Waals surface area contributed by atoms with Crippen LogP contribution in [0, 0.1) is 20.8 Å². The number of hydrogen-bond acceptors (Lipinski definition) is 4. The quantitative estimate of drug-likeness (QED) is 0.647. The monoisotopic (exact) mass is 273 g/mol. The lowest BCUT2D eigenvalue weighted by molar-refractivity contribution is 0.365. The fourth-order valence-electron chi connectivity index (χ4n) is 2.40. The fraction of sp³-hybridized carbons (Fsp3) is 0.250. The second-order valence-corrected chi connectivity index (χ2v) is 5.07. The molecule has 0 atom stereocenters. The Labute approximate surface area is 118 Å². The first kappa shape index (κ1) is 14.1. The Morgan fingerprint density at radius 1 is 0.900 bits per heavy atom. The van der Waals surface area contributed by atoms with Crippen LogP contribution in [0.2, 0.25) is 0 Å². The Morgan fingerprint density at radius 2 is 1.50 bits per heavy atom. The first-order chi connectivity index (χ1) is 9.40. The van der Waals surface area contributed by atoms with Gasteiger partial charge in [-0.2, -0.15) is 0 Å². The number of hydrogen-bond donors (Lipinski definition) is 4. The summed E-state index contributed by atoms with van der Waals surface area (Å²) in [5.41, 5.74) is 5.01. The summed E-state index contributed by atoms with van der Waals surface area (Å²) in [6.45, 7) is 6.46. The Kier molecular flexibility index (Phi) is 3.74. The molecule has 0 unspecified atom stereocenters. The molecule has 0 heterocycles. The molecule has 0 bridgehead atoms. The van der Waals surface area contributed by atoms with E-state index in [4.69, 9.17) is 0 Å². The van der Waals surface area contributed by atoms with E-state index >= 15 is 0 Å². The zero-order valence-electron chi connectivity index (χ0n) is 11.9. The average molecular weight is 273 g/mol. The molecule has 0 saturated carbocycles. The number of nitrogens with one attached hydrogen (secondary N) is 1. The van der Waals surface area contributed by atoms with E-state index in [1.807, 2.05) is 20.8 Å². The minimum Gasteiger partial charge on any atom is -0.504 e. The highest BCUT2D eigenvalue weighted by atomic mass is 16.3. The Morgan fingerprint density at radius 3 is 2.10 bits per heavy atom. The van der Waals surface area contributed by atoms with Crippen molar-refractivity contribution in [3.8, 4) is 17.2 Å². The molecule has 0 fully saturated rings. The van der Waals surface area contributed by atoms with Crippen LogP contribution >= 0.6 is 0 Å². The van der Waals surface area contributed by atoms with Gasteiger partial charge in [0.15, 0.2) is 11.5 Å². The summed E-state index contributed by atoms with van der Waals surface area (Å²) in [6.07, 6.45) is 0. The Bertz CT molecular complexity index is 627. The lowest BCUT2D eigenvalue weighted by Gasteiger charge is -2.15. The van der Waals surface area contributed by atoms with Crippen LogP contribution in [0.15, 0.2) is 24.3 Å². The number of aromatic hydroxyl groups is 3. The first-order valence-corrected chi connectivity index (χ1v) is 6.44. The van der Waals surface area contributed by atoms with E-state index in [2.05, 4.69) is 17.4 Å². The average Bonchev–Trinajstić information content (AvgIpc) is 2.37. The van der Waals surface area contributed by atoms with Crippen molar-refractivity contribution in [1.82, 2.24) is 0 Å². The van der Waals surface area contributed by atoms with Gasteiger partial charge in [-0.1, -0.05) is 17.7 Å². The maximum Gasteiger partial charge on any atom is 0.200 e. The highest BCUT2D eigenvalue weighted by molar-refractivity contribution is 5.60. The standard InChI is InChI=1S/C16H19NO3/c1-9-6-10(2)14(11(3)7-9)17-8-12-4-5-13(18)16(20)15(12)19/h4-7,17-20H,8H2,1-3H3. The fourth-order valence-corrected chi connectivity index (χ4v) is 2.40. The van der Waals surface area contributed by atoms with E-state index in [1.54, 1.807) is 6.07 Å². The predicted octanol–water partition coefficient (Wildman–Crippen LogP) is 3.34. The third-order valence-corrected chi connectivity index (χ3v) is 3.35. The zero-order chi connectivity index (χ0) is 14.9. The molecule has 106 valence electrons. The van der Waals surface area contributed by atoms with Crippen LogP contribution in [-0.4, -0.2) is 15.3 Å². The predicted molar refractivity (Wildman–Crippen MR) is 79.4 cm³/mol. The maximum atomic E-state index is 9.79. The van der Waals surface area contributed by atoms with E-state index in [0.717, 1.165) is 16.8 Å². The number of benzene rings is 2. The van der Waals surface area contributed by atoms with Crippen LogP contribution in [0.4, 0.5) is 5.69 Å². The largest absolute Gasteiger partial charge is 0.504 e. The number of phenolic OH excluding ortho intramolecular Hbond substituents is 3. The molecule has 0 saturated heterocycles. The summed E-state index contributed by atoms with van der Waals surface area (Å²) in [7, 11) is 0. The van der Waals surface area contributed by atoms with Gasteiger partial charge in [-0.15, -0.1) is 0 Å². The van der Waals surface area contributed by atoms with E-state index in [0.29, 0.717) is 12.1 Å². The third kappa shape index (κ3) is 2.64. The molecule has 4 heteroatoms. The molecule has 0 aliphatic heterocycles. The van der Waals surface area contributed by atoms with Gasteiger partial charge < -0.3 is 20.6 Å². The first-order valence-electron chi connectivity index (χ1n) is 6.44. The second-order valence-electron chi connectivity index (χ2n) is 5.07. The smallest absolute Gasteiger partial charge is 0.200 e. The zero-order valence-corrected chi connectivity index (χ0v) is 11.9. The molecule has 2 aromatic carbocycles. The highest BCUT2D eigenvalue weighted by Crippen LogP contribution is 2.37. The van der Waals surface area contributed by atoms with Crippen molar-refractivity contribution >= 4 is 5.69 Å². The molecule has 0 aromatic heterocycles. The van der Waals surface area contributed by atoms with E-state index < -0.39 is 5.75 Å². The minimum absolute atomic E-state index is 0.292. The third-order valence-electron chi connectivity index (χ3n) is 3.35. The lowest BCUT2D eigenvalue weighted by Crippen LogP contribution is -2.03. The molecule has 2 aromatic rings. The second kappa shape index (κ2) is 5.33. The van der Waals surface area contributed by atoms with Crippen LogP contribution in [0.3, 0.4) is 0 Å². The van der Waals surface area contributed by atoms with E-state index in [1.165, 1.54) is 11.6 Å². The number of anilines is 1. The molecule has 0 radical (unpaired) electrons. The summed E-state index contributed by atoms with van der Waals surface area (Å²) < 4.78 is 0. The van der Waals surface area contributed by atoms with Gasteiger partial charge in [0.05, 0.1) is 0 Å². The molecule has 0 spiro atoms. The summed E-state index contributed by atoms with van der Waals surface area (Å²) in [5, 5.41) is 31.8. The van der Waals surface area contributed by atoms with Gasteiger partial charge in [-0.25, -0.2) is 0 Å². The molecule has 0 amide bonds. The van der Waals surface area contributed by atoms with Gasteiger partial charge in [0.25, 0.3) is 0 Å². The number of rotatable bonds is 3. The van der Waals surface area contributed by atoms with Gasteiger partial charge in [0.1, 0.15) is 0 Å². The molecular formula is C16H19NO3. The minimum atomic E-state index is -0.485. The lowest BCUT2D eigenvalue weighted by atomic mass is 10.0. The van der Waals surface area contributed by atoms with Gasteiger partial charge in [0.2, 0.25) is 5.75 Å². The van der Waals surface area contributed by atoms with Crippen molar-refractivity contribution in [2.75, 3.05) is 5.32 Å².